The topological polar surface area (TPSA) is 87.9 Å². The van der Waals surface area contributed by atoms with Crippen molar-refractivity contribution in [2.24, 2.45) is 5.73 Å². The van der Waals surface area contributed by atoms with Crippen molar-refractivity contribution in [3.63, 3.8) is 0 Å². The highest BCUT2D eigenvalue weighted by molar-refractivity contribution is 7.54. The maximum Gasteiger partial charge on any atom is 0.381 e. The van der Waals surface area contributed by atoms with Gasteiger partial charge in [-0.3, -0.25) is 4.52 Å². The fourth-order valence-electron chi connectivity index (χ4n) is 1.29. The highest BCUT2D eigenvalue weighted by Gasteiger charge is 2.26. The van der Waals surface area contributed by atoms with E-state index in [2.05, 4.69) is 0 Å². The van der Waals surface area contributed by atoms with Gasteiger partial charge in [0.1, 0.15) is 5.75 Å². The molecule has 7 heteroatoms. The Hall–Kier alpha value is -1.36. The van der Waals surface area contributed by atoms with Crippen molar-refractivity contribution in [3.8, 4) is 5.75 Å². The van der Waals surface area contributed by atoms with Crippen molar-refractivity contribution in [1.82, 2.24) is 0 Å². The number of carbonyl (C=O) groups is 1. The summed E-state index contributed by atoms with van der Waals surface area (Å²) in [6.45, 7) is 1.63. The summed E-state index contributed by atoms with van der Waals surface area (Å²) in [6.07, 6.45) is 0.0291. The lowest BCUT2D eigenvalue weighted by atomic mass is 10.3. The monoisotopic (exact) mass is 287 g/mol. The van der Waals surface area contributed by atoms with Gasteiger partial charge in [-0.2, -0.15) is 0 Å². The number of rotatable bonds is 8. The number of hydrogen-bond donors (Lipinski definition) is 1. The maximum atomic E-state index is 12.4. The van der Waals surface area contributed by atoms with Crippen molar-refractivity contribution in [2.45, 2.75) is 6.92 Å². The second-order valence-electron chi connectivity index (χ2n) is 3.61. The minimum Gasteiger partial charge on any atom is -0.464 e. The van der Waals surface area contributed by atoms with Crippen molar-refractivity contribution in [2.75, 3.05) is 25.9 Å². The highest BCUT2D eigenvalue weighted by Crippen LogP contribution is 2.47. The number of nitrogens with two attached hydrogens (primary N) is 1. The van der Waals surface area contributed by atoms with Gasteiger partial charge in [-0.25, -0.2) is 9.36 Å². The van der Waals surface area contributed by atoms with E-state index in [1.165, 1.54) is 0 Å². The quantitative estimate of drug-likeness (QED) is 0.579. The second kappa shape index (κ2) is 7.94. The molecule has 6 nitrogen and oxygen atoms in total. The third kappa shape index (κ3) is 5.87. The summed E-state index contributed by atoms with van der Waals surface area (Å²) in [4.78, 5) is 11.2. The van der Waals surface area contributed by atoms with E-state index in [0.29, 0.717) is 5.75 Å². The molecule has 1 rings (SSSR count). The van der Waals surface area contributed by atoms with Crippen LogP contribution in [-0.2, 0) is 18.6 Å². The predicted molar refractivity (Wildman–Crippen MR) is 71.2 cm³/mol. The minimum atomic E-state index is -3.44. The zero-order chi connectivity index (χ0) is 14.1. The molecule has 106 valence electrons. The smallest absolute Gasteiger partial charge is 0.381 e. The number of para-hydroxylation sites is 1. The lowest BCUT2D eigenvalue weighted by Gasteiger charge is -2.18. The Morgan fingerprint density at radius 2 is 2.00 bits per heavy atom. The van der Waals surface area contributed by atoms with Gasteiger partial charge in [-0.15, -0.1) is 0 Å². The maximum absolute atomic E-state index is 12.4. The van der Waals surface area contributed by atoms with Gasteiger partial charge in [0.25, 0.3) is 0 Å². The molecular formula is C12H18NO5P. The van der Waals surface area contributed by atoms with E-state index in [9.17, 15) is 9.36 Å². The molecule has 19 heavy (non-hydrogen) atoms. The molecule has 0 amide bonds. The Kier molecular flexibility index (Phi) is 6.56. The summed E-state index contributed by atoms with van der Waals surface area (Å²) in [5, 5.41) is 0. The molecule has 0 aromatic heterocycles. The third-order valence-corrected chi connectivity index (χ3v) is 3.89. The highest BCUT2D eigenvalue weighted by atomic mass is 31.2. The standard InChI is InChI=1S/C12H18NO5P/c1-2-16-12(14)10-17-19(15,9-8-13)18-11-6-4-3-5-7-11/h3-7H,2,8-10,13H2,1H3. The van der Waals surface area contributed by atoms with E-state index in [-0.39, 0.29) is 19.3 Å². The summed E-state index contributed by atoms with van der Waals surface area (Å²) in [6, 6.07) is 8.59. The van der Waals surface area contributed by atoms with Gasteiger partial charge < -0.3 is 15.0 Å². The molecule has 0 saturated carbocycles. The van der Waals surface area contributed by atoms with Crippen LogP contribution in [-0.4, -0.2) is 31.9 Å². The van der Waals surface area contributed by atoms with E-state index in [4.69, 9.17) is 19.5 Å². The Labute approximate surface area is 112 Å². The molecule has 0 aliphatic heterocycles. The van der Waals surface area contributed by atoms with Crippen LogP contribution in [0.25, 0.3) is 0 Å². The normalized spacial score (nSPS) is 13.6. The number of esters is 1. The number of benzene rings is 1. The van der Waals surface area contributed by atoms with E-state index in [1.54, 1.807) is 37.3 Å². The van der Waals surface area contributed by atoms with Crippen LogP contribution in [0.1, 0.15) is 6.92 Å². The van der Waals surface area contributed by atoms with Gasteiger partial charge in [0.15, 0.2) is 6.61 Å². The zero-order valence-corrected chi connectivity index (χ0v) is 11.7. The average molecular weight is 287 g/mol. The summed E-state index contributed by atoms with van der Waals surface area (Å²) in [5.74, 6) is -0.181. The molecule has 2 N–H and O–H groups in total. The Balaban J connectivity index is 2.63. The molecule has 0 aliphatic carbocycles. The molecule has 0 spiro atoms. The molecule has 0 saturated heterocycles. The first-order chi connectivity index (χ1) is 9.09. The van der Waals surface area contributed by atoms with Crippen molar-refractivity contribution < 1.29 is 23.1 Å². The fraction of sp³-hybridized carbons (Fsp3) is 0.417. The molecule has 0 aliphatic rings. The average Bonchev–Trinajstić information content (AvgIpc) is 2.38. The summed E-state index contributed by atoms with van der Waals surface area (Å²) < 4.78 is 27.4. The van der Waals surface area contributed by atoms with E-state index < -0.39 is 20.2 Å². The first kappa shape index (κ1) is 15.7. The van der Waals surface area contributed by atoms with Gasteiger partial charge in [0, 0.05) is 6.54 Å². The Morgan fingerprint density at radius 1 is 1.32 bits per heavy atom. The van der Waals surface area contributed by atoms with Crippen LogP contribution in [0.5, 0.6) is 5.75 Å². The molecular weight excluding hydrogens is 269 g/mol. The molecule has 0 fully saturated rings. The SMILES string of the molecule is CCOC(=O)COP(=O)(CCN)Oc1ccccc1. The van der Waals surface area contributed by atoms with Crippen molar-refractivity contribution >= 4 is 13.6 Å². The van der Waals surface area contributed by atoms with Crippen molar-refractivity contribution in [3.05, 3.63) is 30.3 Å². The zero-order valence-electron chi connectivity index (χ0n) is 10.8. The van der Waals surface area contributed by atoms with Crippen LogP contribution in [0.4, 0.5) is 0 Å². The summed E-state index contributed by atoms with van der Waals surface area (Å²) >= 11 is 0. The lowest BCUT2D eigenvalue weighted by Crippen LogP contribution is -2.16. The van der Waals surface area contributed by atoms with Gasteiger partial charge >= 0.3 is 13.6 Å². The first-order valence-electron chi connectivity index (χ1n) is 5.93. The second-order valence-corrected chi connectivity index (χ2v) is 5.72. The van der Waals surface area contributed by atoms with Gasteiger partial charge in [0.05, 0.1) is 12.8 Å². The molecule has 0 heterocycles. The molecule has 0 bridgehead atoms. The Bertz CT molecular complexity index is 437. The third-order valence-electron chi connectivity index (χ3n) is 2.08. The van der Waals surface area contributed by atoms with E-state index >= 15 is 0 Å². The van der Waals surface area contributed by atoms with Crippen LogP contribution < -0.4 is 10.3 Å². The first-order valence-corrected chi connectivity index (χ1v) is 7.66. The summed E-state index contributed by atoms with van der Waals surface area (Å²) in [7, 11) is -3.44. The fourth-order valence-corrected chi connectivity index (χ4v) is 2.62. The van der Waals surface area contributed by atoms with Gasteiger partial charge in [0.2, 0.25) is 0 Å². The van der Waals surface area contributed by atoms with Crippen molar-refractivity contribution in [1.29, 1.82) is 0 Å². The largest absolute Gasteiger partial charge is 0.464 e. The number of hydrogen-bond acceptors (Lipinski definition) is 6. The van der Waals surface area contributed by atoms with Gasteiger partial charge in [-0.1, -0.05) is 18.2 Å². The van der Waals surface area contributed by atoms with Crippen LogP contribution >= 0.6 is 7.60 Å². The number of ether oxygens (including phenoxy) is 1. The van der Waals surface area contributed by atoms with Crippen LogP contribution in [0.15, 0.2) is 30.3 Å². The molecule has 1 aromatic rings. The van der Waals surface area contributed by atoms with Gasteiger partial charge in [-0.05, 0) is 19.1 Å². The number of carbonyl (C=O) groups excluding carboxylic acids is 1. The van der Waals surface area contributed by atoms with Crippen LogP contribution in [0, 0.1) is 0 Å². The molecule has 1 aromatic carbocycles. The molecule has 1 atom stereocenters. The van der Waals surface area contributed by atoms with Crippen LogP contribution in [0.3, 0.4) is 0 Å². The Morgan fingerprint density at radius 3 is 2.58 bits per heavy atom. The lowest BCUT2D eigenvalue weighted by molar-refractivity contribution is -0.145. The minimum absolute atomic E-state index is 0.0291. The molecule has 1 unspecified atom stereocenters. The van der Waals surface area contributed by atoms with Crippen LogP contribution in [0.2, 0.25) is 0 Å². The van der Waals surface area contributed by atoms with E-state index in [1.807, 2.05) is 0 Å². The predicted octanol–water partition coefficient (Wildman–Crippen LogP) is 1.80. The van der Waals surface area contributed by atoms with E-state index in [0.717, 1.165) is 0 Å². The molecule has 0 radical (unpaired) electrons. The summed E-state index contributed by atoms with van der Waals surface area (Å²) in [5.41, 5.74) is 5.38.